The van der Waals surface area contributed by atoms with Gasteiger partial charge in [-0.1, -0.05) is 17.7 Å². The van der Waals surface area contributed by atoms with Gasteiger partial charge in [-0.15, -0.1) is 15.3 Å². The van der Waals surface area contributed by atoms with Crippen molar-refractivity contribution in [3.63, 3.8) is 0 Å². The Bertz CT molecular complexity index is 1200. The predicted octanol–water partition coefficient (Wildman–Crippen LogP) is 1.90. The van der Waals surface area contributed by atoms with Crippen molar-refractivity contribution < 1.29 is 22.7 Å². The first-order valence-corrected chi connectivity index (χ1v) is 8.00. The zero-order valence-corrected chi connectivity index (χ0v) is 14.6. The molecule has 0 aliphatic carbocycles. The number of ether oxygens (including phenoxy) is 1. The molecule has 0 saturated heterocycles. The highest BCUT2D eigenvalue weighted by molar-refractivity contribution is 5.82. The molecule has 0 bridgehead atoms. The van der Waals surface area contributed by atoms with E-state index in [1.54, 1.807) is 12.1 Å². The molecule has 12 heteroatoms. The maximum Gasteiger partial charge on any atom is 0.453 e. The van der Waals surface area contributed by atoms with Crippen LogP contribution < -0.4 is 0 Å². The first-order chi connectivity index (χ1) is 13.3. The summed E-state index contributed by atoms with van der Waals surface area (Å²) in [5.41, 5.74) is 1.96. The number of benzene rings is 1. The second-order valence-corrected chi connectivity index (χ2v) is 5.96. The van der Waals surface area contributed by atoms with E-state index in [0.29, 0.717) is 5.69 Å². The van der Waals surface area contributed by atoms with E-state index in [0.717, 1.165) is 10.1 Å². The van der Waals surface area contributed by atoms with Gasteiger partial charge in [0, 0.05) is 0 Å². The summed E-state index contributed by atoms with van der Waals surface area (Å²) in [5.74, 6) is -2.26. The maximum atomic E-state index is 13.0. The van der Waals surface area contributed by atoms with Crippen LogP contribution in [0.4, 0.5) is 13.2 Å². The smallest absolute Gasteiger partial charge is 0.453 e. The Morgan fingerprint density at radius 2 is 1.86 bits per heavy atom. The van der Waals surface area contributed by atoms with Crippen molar-refractivity contribution in [3.8, 4) is 5.69 Å². The molecule has 4 rings (SSSR count). The molecule has 0 saturated carbocycles. The molecule has 144 valence electrons. The molecule has 28 heavy (non-hydrogen) atoms. The van der Waals surface area contributed by atoms with Crippen molar-refractivity contribution in [2.75, 3.05) is 7.11 Å². The van der Waals surface area contributed by atoms with Crippen LogP contribution in [0.15, 0.2) is 24.3 Å². The van der Waals surface area contributed by atoms with E-state index in [1.165, 1.54) is 11.8 Å². The van der Waals surface area contributed by atoms with E-state index in [9.17, 15) is 18.0 Å². The third-order valence-electron chi connectivity index (χ3n) is 4.01. The van der Waals surface area contributed by atoms with Gasteiger partial charge in [0.15, 0.2) is 11.2 Å². The lowest BCUT2D eigenvalue weighted by molar-refractivity contribution is -0.144. The summed E-state index contributed by atoms with van der Waals surface area (Å²) in [7, 11) is 1.22. The van der Waals surface area contributed by atoms with E-state index in [1.807, 2.05) is 19.1 Å². The predicted molar refractivity (Wildman–Crippen MR) is 88.7 cm³/mol. The van der Waals surface area contributed by atoms with Crippen LogP contribution in [-0.4, -0.2) is 47.7 Å². The minimum absolute atomic E-state index is 0.107. The van der Waals surface area contributed by atoms with Crippen LogP contribution in [0, 0.1) is 6.92 Å². The van der Waals surface area contributed by atoms with Gasteiger partial charge in [0.2, 0.25) is 0 Å². The highest BCUT2D eigenvalue weighted by atomic mass is 19.4. The van der Waals surface area contributed by atoms with Gasteiger partial charge in [-0.3, -0.25) is 4.79 Å². The fraction of sp³-hybridized carbons (Fsp3) is 0.250. The molecule has 0 unspecified atom stereocenters. The Hall–Kier alpha value is -3.57. The number of hydrogen-bond donors (Lipinski definition) is 0. The highest BCUT2D eigenvalue weighted by Crippen LogP contribution is 2.28. The summed E-state index contributed by atoms with van der Waals surface area (Å²) in [6, 6.07) is 7.10. The van der Waals surface area contributed by atoms with Crippen LogP contribution in [0.3, 0.4) is 0 Å². The molecule has 0 N–H and O–H groups in total. The summed E-state index contributed by atoms with van der Waals surface area (Å²) in [5, 5.41) is 15.5. The fourth-order valence-corrected chi connectivity index (χ4v) is 2.66. The lowest BCUT2D eigenvalue weighted by atomic mass is 10.2. The second-order valence-electron chi connectivity index (χ2n) is 5.96. The van der Waals surface area contributed by atoms with Crippen molar-refractivity contribution in [1.82, 2.24) is 34.6 Å². The molecule has 0 aliphatic heterocycles. The number of hydrogen-bond acceptors (Lipinski definition) is 7. The lowest BCUT2D eigenvalue weighted by Gasteiger charge is -2.04. The van der Waals surface area contributed by atoms with E-state index in [-0.39, 0.29) is 29.1 Å². The number of nitrogens with zero attached hydrogens (tertiary/aromatic N) is 7. The molecule has 0 spiro atoms. The third-order valence-corrected chi connectivity index (χ3v) is 4.01. The average molecular weight is 391 g/mol. The largest absolute Gasteiger partial charge is 0.469 e. The van der Waals surface area contributed by atoms with E-state index in [4.69, 9.17) is 0 Å². The van der Waals surface area contributed by atoms with Crippen molar-refractivity contribution in [2.24, 2.45) is 0 Å². The van der Waals surface area contributed by atoms with Crippen LogP contribution in [0.2, 0.25) is 0 Å². The van der Waals surface area contributed by atoms with Crippen LogP contribution in [0.5, 0.6) is 0 Å². The molecule has 9 nitrogen and oxygen atoms in total. The zero-order chi connectivity index (χ0) is 20.1. The monoisotopic (exact) mass is 391 g/mol. The fourth-order valence-electron chi connectivity index (χ4n) is 2.66. The summed E-state index contributed by atoms with van der Waals surface area (Å²) in [6.07, 6.45) is -4.98. The van der Waals surface area contributed by atoms with Gasteiger partial charge < -0.3 is 4.74 Å². The topological polar surface area (TPSA) is 100 Å². The minimum Gasteiger partial charge on any atom is -0.469 e. The van der Waals surface area contributed by atoms with Crippen LogP contribution in [0.1, 0.15) is 17.1 Å². The van der Waals surface area contributed by atoms with Gasteiger partial charge in [0.05, 0.1) is 19.2 Å². The Balaban J connectivity index is 2.03. The van der Waals surface area contributed by atoms with Gasteiger partial charge in [-0.25, -0.2) is 4.68 Å². The van der Waals surface area contributed by atoms with E-state index < -0.39 is 18.0 Å². The Labute approximate surface area is 154 Å². The van der Waals surface area contributed by atoms with Gasteiger partial charge in [-0.05, 0) is 19.1 Å². The molecular formula is C16H12F3N7O2. The number of alkyl halides is 3. The third kappa shape index (κ3) is 2.92. The van der Waals surface area contributed by atoms with Crippen molar-refractivity contribution in [3.05, 3.63) is 41.3 Å². The Kier molecular flexibility index (Phi) is 3.98. The molecule has 0 atom stereocenters. The molecule has 0 radical (unpaired) electrons. The minimum atomic E-state index is -4.75. The summed E-state index contributed by atoms with van der Waals surface area (Å²) < 4.78 is 46.1. The maximum absolute atomic E-state index is 13.0. The zero-order valence-electron chi connectivity index (χ0n) is 14.6. The number of carbonyl (C=O) groups excluding carboxylic acids is 1. The molecule has 0 amide bonds. The number of halogens is 3. The highest BCUT2D eigenvalue weighted by Gasteiger charge is 2.37. The normalized spacial score (nSPS) is 12.0. The lowest BCUT2D eigenvalue weighted by Crippen LogP contribution is -2.08. The average Bonchev–Trinajstić information content (AvgIpc) is 3.24. The van der Waals surface area contributed by atoms with Gasteiger partial charge in [0.1, 0.15) is 5.69 Å². The van der Waals surface area contributed by atoms with Crippen LogP contribution in [0.25, 0.3) is 22.6 Å². The van der Waals surface area contributed by atoms with Crippen molar-refractivity contribution in [2.45, 2.75) is 19.5 Å². The van der Waals surface area contributed by atoms with Gasteiger partial charge in [-0.2, -0.15) is 27.8 Å². The molecule has 4 aromatic rings. The van der Waals surface area contributed by atoms with Gasteiger partial charge in [0.25, 0.3) is 11.6 Å². The number of aryl methyl sites for hydroxylation is 1. The molecule has 3 aromatic heterocycles. The van der Waals surface area contributed by atoms with E-state index in [2.05, 4.69) is 30.1 Å². The number of carbonyl (C=O) groups is 1. The summed E-state index contributed by atoms with van der Waals surface area (Å²) in [4.78, 5) is 15.1. The van der Waals surface area contributed by atoms with Gasteiger partial charge >= 0.3 is 12.1 Å². The second kappa shape index (κ2) is 6.25. The summed E-state index contributed by atoms with van der Waals surface area (Å²) in [6.45, 7) is 1.89. The molecule has 1 aromatic carbocycles. The Morgan fingerprint density at radius 3 is 2.50 bits per heavy atom. The quantitative estimate of drug-likeness (QED) is 0.492. The molecule has 3 heterocycles. The Morgan fingerprint density at radius 1 is 1.14 bits per heavy atom. The SMILES string of the molecule is COC(=O)Cc1nn(-c2ccc(C)cc2)c2c1nnc1nc(C(F)(F)F)nn12. The number of fused-ring (bicyclic) bond motifs is 3. The number of methoxy groups -OCH3 is 1. The van der Waals surface area contributed by atoms with Crippen LogP contribution >= 0.6 is 0 Å². The number of aromatic nitrogens is 7. The molecule has 0 aliphatic rings. The first-order valence-electron chi connectivity index (χ1n) is 8.00. The van der Waals surface area contributed by atoms with Crippen molar-refractivity contribution >= 4 is 22.9 Å². The molecule has 0 fully saturated rings. The molecular weight excluding hydrogens is 379 g/mol. The van der Waals surface area contributed by atoms with Crippen molar-refractivity contribution in [1.29, 1.82) is 0 Å². The first kappa shape index (κ1) is 17.8. The number of rotatable bonds is 3. The van der Waals surface area contributed by atoms with Crippen LogP contribution in [-0.2, 0) is 22.1 Å². The standard InChI is InChI=1S/C16H12F3N7O2/c1-8-3-5-9(6-4-8)25-13-12(10(23-25)7-11(27)28-2)21-22-15-20-14(16(17,18)19)24-26(13)15/h3-6H,7H2,1-2H3. The van der Waals surface area contributed by atoms with E-state index >= 15 is 0 Å². The number of esters is 1. The summed E-state index contributed by atoms with van der Waals surface area (Å²) >= 11 is 0.